The molecule has 5 heteroatoms. The van der Waals surface area contributed by atoms with Gasteiger partial charge in [-0.05, 0) is 60.6 Å². The normalized spacial score (nSPS) is 16.5. The molecule has 2 aliphatic rings. The Morgan fingerprint density at radius 3 is 2.64 bits per heavy atom. The van der Waals surface area contributed by atoms with Gasteiger partial charge in [-0.15, -0.1) is 0 Å². The number of aryl methyl sites for hydroxylation is 1. The number of amides is 1. The van der Waals surface area contributed by atoms with Crippen molar-refractivity contribution in [2.24, 2.45) is 5.92 Å². The minimum atomic E-state index is 0.0736. The second-order valence-corrected chi connectivity index (χ2v) is 7.06. The van der Waals surface area contributed by atoms with Crippen LogP contribution >= 0.6 is 11.6 Å². The zero-order chi connectivity index (χ0) is 17.2. The van der Waals surface area contributed by atoms with Crippen LogP contribution in [0.1, 0.15) is 36.4 Å². The van der Waals surface area contributed by atoms with Crippen LogP contribution in [-0.2, 0) is 11.2 Å². The molecular formula is C20H20ClNO3. The van der Waals surface area contributed by atoms with Crippen LogP contribution in [-0.4, -0.2) is 12.7 Å². The number of hydrogen-bond acceptors (Lipinski definition) is 3. The predicted molar refractivity (Wildman–Crippen MR) is 95.9 cm³/mol. The van der Waals surface area contributed by atoms with Crippen molar-refractivity contribution in [3.63, 3.8) is 0 Å². The number of fused-ring (bicyclic) bond motifs is 1. The van der Waals surface area contributed by atoms with Crippen molar-refractivity contribution in [1.29, 1.82) is 0 Å². The van der Waals surface area contributed by atoms with E-state index in [0.717, 1.165) is 35.5 Å². The summed E-state index contributed by atoms with van der Waals surface area (Å²) in [5.41, 5.74) is 2.21. The molecule has 1 unspecified atom stereocenters. The third kappa shape index (κ3) is 3.90. The summed E-state index contributed by atoms with van der Waals surface area (Å²) in [6, 6.07) is 13.7. The summed E-state index contributed by atoms with van der Waals surface area (Å²) in [7, 11) is 0. The number of benzene rings is 2. The Labute approximate surface area is 152 Å². The Bertz CT molecular complexity index is 771. The lowest BCUT2D eigenvalue weighted by molar-refractivity contribution is -0.122. The van der Waals surface area contributed by atoms with Crippen LogP contribution in [0.5, 0.6) is 11.5 Å². The number of carbonyl (C=O) groups is 1. The molecule has 1 aliphatic heterocycles. The predicted octanol–water partition coefficient (Wildman–Crippen LogP) is 4.27. The van der Waals surface area contributed by atoms with Crippen molar-refractivity contribution in [3.05, 3.63) is 58.6 Å². The van der Waals surface area contributed by atoms with Crippen LogP contribution in [0.25, 0.3) is 0 Å². The molecule has 0 aromatic heterocycles. The minimum Gasteiger partial charge on any atom is -0.454 e. The summed E-state index contributed by atoms with van der Waals surface area (Å²) in [5.74, 6) is 2.14. The van der Waals surface area contributed by atoms with Crippen molar-refractivity contribution in [2.75, 3.05) is 6.79 Å². The third-order valence-corrected chi connectivity index (χ3v) is 4.97. The fraction of sp³-hybridized carbons (Fsp3) is 0.350. The smallest absolute Gasteiger partial charge is 0.231 e. The van der Waals surface area contributed by atoms with Crippen molar-refractivity contribution in [1.82, 2.24) is 5.32 Å². The molecular weight excluding hydrogens is 338 g/mol. The number of ether oxygens (including phenoxy) is 2. The molecule has 1 amide bonds. The summed E-state index contributed by atoms with van der Waals surface area (Å²) in [4.78, 5) is 12.4. The molecule has 0 radical (unpaired) electrons. The van der Waals surface area contributed by atoms with Gasteiger partial charge in [0.1, 0.15) is 0 Å². The van der Waals surface area contributed by atoms with E-state index in [0.29, 0.717) is 23.8 Å². The molecule has 1 aliphatic carbocycles. The first-order chi connectivity index (χ1) is 12.2. The fourth-order valence-corrected chi connectivity index (χ4v) is 3.30. The monoisotopic (exact) mass is 357 g/mol. The maximum Gasteiger partial charge on any atom is 0.231 e. The molecule has 1 heterocycles. The van der Waals surface area contributed by atoms with Gasteiger partial charge in [-0.1, -0.05) is 29.8 Å². The van der Waals surface area contributed by atoms with Gasteiger partial charge in [0.15, 0.2) is 11.5 Å². The maximum atomic E-state index is 12.4. The standard InChI is InChI=1S/C20H20ClNO3/c21-16-7-5-15(6-8-16)20(14-3-4-14)22-19(23)10-2-13-1-9-17-18(11-13)25-12-24-17/h1,5-9,11,14,20H,2-4,10,12H2,(H,22,23). The van der Waals surface area contributed by atoms with Gasteiger partial charge in [0.05, 0.1) is 6.04 Å². The Kier molecular flexibility index (Phi) is 4.53. The molecule has 0 saturated heterocycles. The lowest BCUT2D eigenvalue weighted by Crippen LogP contribution is -2.30. The highest BCUT2D eigenvalue weighted by molar-refractivity contribution is 6.30. The summed E-state index contributed by atoms with van der Waals surface area (Å²) < 4.78 is 10.7. The van der Waals surface area contributed by atoms with Gasteiger partial charge < -0.3 is 14.8 Å². The molecule has 0 spiro atoms. The zero-order valence-corrected chi connectivity index (χ0v) is 14.6. The number of hydrogen-bond donors (Lipinski definition) is 1. The molecule has 4 nitrogen and oxygen atoms in total. The summed E-state index contributed by atoms with van der Waals surface area (Å²) in [6.45, 7) is 0.267. The third-order valence-electron chi connectivity index (χ3n) is 4.72. The quantitative estimate of drug-likeness (QED) is 0.839. The summed E-state index contributed by atoms with van der Waals surface area (Å²) >= 11 is 5.97. The SMILES string of the molecule is O=C(CCc1ccc2c(c1)OCO2)NC(c1ccc(Cl)cc1)C1CC1. The molecule has 130 valence electrons. The van der Waals surface area contributed by atoms with Crippen molar-refractivity contribution in [2.45, 2.75) is 31.7 Å². The van der Waals surface area contributed by atoms with Crippen molar-refractivity contribution >= 4 is 17.5 Å². The van der Waals surface area contributed by atoms with Gasteiger partial charge in [-0.3, -0.25) is 4.79 Å². The Hall–Kier alpha value is -2.20. The molecule has 0 bridgehead atoms. The highest BCUT2D eigenvalue weighted by atomic mass is 35.5. The van der Waals surface area contributed by atoms with Gasteiger partial charge in [-0.25, -0.2) is 0 Å². The number of rotatable bonds is 6. The first kappa shape index (κ1) is 16.3. The van der Waals surface area contributed by atoms with Gasteiger partial charge in [-0.2, -0.15) is 0 Å². The van der Waals surface area contributed by atoms with Crippen molar-refractivity contribution in [3.8, 4) is 11.5 Å². The molecule has 1 saturated carbocycles. The maximum absolute atomic E-state index is 12.4. The van der Waals surface area contributed by atoms with Crippen LogP contribution in [0.2, 0.25) is 5.02 Å². The summed E-state index contributed by atoms with van der Waals surface area (Å²) in [5, 5.41) is 3.91. The van der Waals surface area contributed by atoms with E-state index in [9.17, 15) is 4.79 Å². The second kappa shape index (κ2) is 6.96. The topological polar surface area (TPSA) is 47.6 Å². The fourth-order valence-electron chi connectivity index (χ4n) is 3.17. The average molecular weight is 358 g/mol. The van der Waals surface area contributed by atoms with E-state index in [1.165, 1.54) is 0 Å². The minimum absolute atomic E-state index is 0.0736. The van der Waals surface area contributed by atoms with E-state index in [-0.39, 0.29) is 18.7 Å². The zero-order valence-electron chi connectivity index (χ0n) is 13.8. The van der Waals surface area contributed by atoms with E-state index in [4.69, 9.17) is 21.1 Å². The molecule has 4 rings (SSSR count). The van der Waals surface area contributed by atoms with E-state index < -0.39 is 0 Å². The molecule has 1 N–H and O–H groups in total. The first-order valence-corrected chi connectivity index (χ1v) is 9.00. The highest BCUT2D eigenvalue weighted by Gasteiger charge is 2.33. The highest BCUT2D eigenvalue weighted by Crippen LogP contribution is 2.41. The average Bonchev–Trinajstić information content (AvgIpc) is 3.35. The van der Waals surface area contributed by atoms with E-state index >= 15 is 0 Å². The van der Waals surface area contributed by atoms with E-state index in [1.54, 1.807) is 0 Å². The first-order valence-electron chi connectivity index (χ1n) is 8.62. The molecule has 1 fully saturated rings. The van der Waals surface area contributed by atoms with Crippen LogP contribution in [0.4, 0.5) is 0 Å². The molecule has 2 aromatic carbocycles. The van der Waals surface area contributed by atoms with Gasteiger partial charge in [0.2, 0.25) is 12.7 Å². The van der Waals surface area contributed by atoms with Crippen LogP contribution < -0.4 is 14.8 Å². The number of nitrogens with one attached hydrogen (secondary N) is 1. The lowest BCUT2D eigenvalue weighted by atomic mass is 10.0. The van der Waals surface area contributed by atoms with Gasteiger partial charge in [0, 0.05) is 11.4 Å². The second-order valence-electron chi connectivity index (χ2n) is 6.62. The van der Waals surface area contributed by atoms with E-state index in [2.05, 4.69) is 5.32 Å². The molecule has 25 heavy (non-hydrogen) atoms. The Morgan fingerprint density at radius 2 is 1.88 bits per heavy atom. The summed E-state index contributed by atoms with van der Waals surface area (Å²) in [6.07, 6.45) is 3.46. The largest absolute Gasteiger partial charge is 0.454 e. The molecule has 1 atom stereocenters. The lowest BCUT2D eigenvalue weighted by Gasteiger charge is -2.19. The molecule has 2 aromatic rings. The van der Waals surface area contributed by atoms with Crippen LogP contribution in [0, 0.1) is 5.92 Å². The number of halogens is 1. The Morgan fingerprint density at radius 1 is 1.12 bits per heavy atom. The Balaban J connectivity index is 1.36. The number of carbonyl (C=O) groups excluding carboxylic acids is 1. The van der Waals surface area contributed by atoms with E-state index in [1.807, 2.05) is 42.5 Å². The van der Waals surface area contributed by atoms with Crippen molar-refractivity contribution < 1.29 is 14.3 Å². The van der Waals surface area contributed by atoms with Gasteiger partial charge >= 0.3 is 0 Å². The van der Waals surface area contributed by atoms with Gasteiger partial charge in [0.25, 0.3) is 0 Å². The van der Waals surface area contributed by atoms with Crippen LogP contribution in [0.3, 0.4) is 0 Å². The van der Waals surface area contributed by atoms with Crippen LogP contribution in [0.15, 0.2) is 42.5 Å².